The van der Waals surface area contributed by atoms with E-state index in [1.54, 1.807) is 31.4 Å². The third-order valence-electron chi connectivity index (χ3n) is 3.56. The Hall–Kier alpha value is -2.31. The molecule has 24 heavy (non-hydrogen) atoms. The van der Waals surface area contributed by atoms with E-state index in [1.165, 1.54) is 12.3 Å². The van der Waals surface area contributed by atoms with Crippen LogP contribution in [0, 0.1) is 0 Å². The topological polar surface area (TPSA) is 69.7 Å². The molecular weight excluding hydrogens is 332 g/mol. The zero-order valence-electron chi connectivity index (χ0n) is 13.1. The number of aromatic nitrogens is 1. The molecule has 126 valence electrons. The van der Waals surface area contributed by atoms with E-state index in [0.717, 1.165) is 6.42 Å². The number of hydrogen-bond acceptors (Lipinski definition) is 5. The number of pyridine rings is 1. The Kier molecular flexibility index (Phi) is 5.17. The van der Waals surface area contributed by atoms with Crippen LogP contribution in [0.4, 0.5) is 5.69 Å². The van der Waals surface area contributed by atoms with Gasteiger partial charge in [0.1, 0.15) is 16.9 Å². The molecule has 0 radical (unpaired) electrons. The first-order chi connectivity index (χ1) is 11.7. The van der Waals surface area contributed by atoms with Crippen LogP contribution in [0.1, 0.15) is 16.8 Å². The largest absolute Gasteiger partial charge is 0.497 e. The van der Waals surface area contributed by atoms with E-state index in [-0.39, 0.29) is 12.0 Å². The highest BCUT2D eigenvalue weighted by molar-refractivity contribution is 6.32. The van der Waals surface area contributed by atoms with Gasteiger partial charge in [0, 0.05) is 24.4 Å². The van der Waals surface area contributed by atoms with Gasteiger partial charge in [0.05, 0.1) is 25.9 Å². The second-order valence-corrected chi connectivity index (χ2v) is 5.71. The predicted molar refractivity (Wildman–Crippen MR) is 90.0 cm³/mol. The Morgan fingerprint density at radius 2 is 2.29 bits per heavy atom. The van der Waals surface area contributed by atoms with Crippen LogP contribution in [-0.2, 0) is 4.74 Å². The zero-order valence-corrected chi connectivity index (χ0v) is 13.9. The molecule has 6 nitrogen and oxygen atoms in total. The molecule has 1 saturated heterocycles. The third kappa shape index (κ3) is 3.96. The van der Waals surface area contributed by atoms with Crippen molar-refractivity contribution in [1.82, 2.24) is 4.98 Å². The first-order valence-electron chi connectivity index (χ1n) is 7.51. The molecule has 3 rings (SSSR count). The summed E-state index contributed by atoms with van der Waals surface area (Å²) in [5, 5.41) is 3.07. The molecule has 2 heterocycles. The summed E-state index contributed by atoms with van der Waals surface area (Å²) in [7, 11) is 1.57. The summed E-state index contributed by atoms with van der Waals surface area (Å²) >= 11 is 6.17. The lowest BCUT2D eigenvalue weighted by atomic mass is 10.2. The van der Waals surface area contributed by atoms with Gasteiger partial charge in [-0.25, -0.2) is 4.98 Å². The summed E-state index contributed by atoms with van der Waals surface area (Å²) in [6.45, 7) is 1.19. The molecule has 1 aromatic carbocycles. The van der Waals surface area contributed by atoms with E-state index in [9.17, 15) is 4.79 Å². The van der Waals surface area contributed by atoms with Gasteiger partial charge in [-0.2, -0.15) is 0 Å². The average Bonchev–Trinajstić information content (AvgIpc) is 3.10. The van der Waals surface area contributed by atoms with Crippen LogP contribution in [0.15, 0.2) is 36.5 Å². The molecule has 1 aliphatic rings. The quantitative estimate of drug-likeness (QED) is 0.898. The smallest absolute Gasteiger partial charge is 0.257 e. The minimum atomic E-state index is -0.312. The minimum absolute atomic E-state index is 0.0496. The molecule has 1 N–H and O–H groups in total. The molecule has 0 saturated carbocycles. The monoisotopic (exact) mass is 348 g/mol. The van der Waals surface area contributed by atoms with E-state index in [2.05, 4.69) is 10.3 Å². The standard InChI is InChI=1S/C17H17ClN2O4/c1-22-13-4-2-3-12(8-13)20-16(21)11-7-15(18)17(19-9-11)24-14-5-6-23-10-14/h2-4,7-9,14H,5-6,10H2,1H3,(H,20,21). The van der Waals surface area contributed by atoms with Crippen LogP contribution in [0.3, 0.4) is 0 Å². The zero-order chi connectivity index (χ0) is 16.9. The van der Waals surface area contributed by atoms with Crippen LogP contribution >= 0.6 is 11.6 Å². The second kappa shape index (κ2) is 7.51. The van der Waals surface area contributed by atoms with Gasteiger partial charge in [-0.3, -0.25) is 4.79 Å². The van der Waals surface area contributed by atoms with Crippen molar-refractivity contribution in [3.05, 3.63) is 47.1 Å². The number of hydrogen-bond donors (Lipinski definition) is 1. The van der Waals surface area contributed by atoms with Crippen molar-refractivity contribution in [2.45, 2.75) is 12.5 Å². The SMILES string of the molecule is COc1cccc(NC(=O)c2cnc(OC3CCOC3)c(Cl)c2)c1. The predicted octanol–water partition coefficient (Wildman–Crippen LogP) is 3.16. The molecule has 0 bridgehead atoms. The molecule has 0 spiro atoms. The van der Waals surface area contributed by atoms with Gasteiger partial charge in [-0.15, -0.1) is 0 Å². The lowest BCUT2D eigenvalue weighted by molar-refractivity contribution is 0.102. The molecule has 7 heteroatoms. The summed E-state index contributed by atoms with van der Waals surface area (Å²) in [6, 6.07) is 8.62. The lowest BCUT2D eigenvalue weighted by Crippen LogP contribution is -2.17. The maximum atomic E-state index is 12.3. The molecule has 2 aromatic rings. The third-order valence-corrected chi connectivity index (χ3v) is 3.83. The van der Waals surface area contributed by atoms with Gasteiger partial charge in [0.25, 0.3) is 5.91 Å². The number of anilines is 1. The molecule has 1 amide bonds. The van der Waals surface area contributed by atoms with E-state index in [1.807, 2.05) is 0 Å². The van der Waals surface area contributed by atoms with E-state index >= 15 is 0 Å². The summed E-state index contributed by atoms with van der Waals surface area (Å²) in [6.07, 6.45) is 2.19. The fourth-order valence-electron chi connectivity index (χ4n) is 2.30. The van der Waals surface area contributed by atoms with E-state index in [4.69, 9.17) is 25.8 Å². The second-order valence-electron chi connectivity index (χ2n) is 5.30. The van der Waals surface area contributed by atoms with Gasteiger partial charge in [-0.1, -0.05) is 17.7 Å². The van der Waals surface area contributed by atoms with Gasteiger partial charge < -0.3 is 19.5 Å². The lowest BCUT2D eigenvalue weighted by Gasteiger charge is -2.12. The van der Waals surface area contributed by atoms with Crippen LogP contribution in [0.2, 0.25) is 5.02 Å². The number of carbonyl (C=O) groups is 1. The van der Waals surface area contributed by atoms with Crippen molar-refractivity contribution in [2.24, 2.45) is 0 Å². The summed E-state index contributed by atoms with van der Waals surface area (Å²) in [4.78, 5) is 16.5. The molecule has 1 unspecified atom stereocenters. The highest BCUT2D eigenvalue weighted by Crippen LogP contribution is 2.25. The maximum Gasteiger partial charge on any atom is 0.257 e. The van der Waals surface area contributed by atoms with Crippen molar-refractivity contribution in [2.75, 3.05) is 25.6 Å². The van der Waals surface area contributed by atoms with Crippen molar-refractivity contribution < 1.29 is 19.0 Å². The van der Waals surface area contributed by atoms with Gasteiger partial charge >= 0.3 is 0 Å². The number of nitrogens with one attached hydrogen (secondary N) is 1. The molecule has 1 aliphatic heterocycles. The molecule has 1 aromatic heterocycles. The Morgan fingerprint density at radius 1 is 1.42 bits per heavy atom. The van der Waals surface area contributed by atoms with Gasteiger partial charge in [0.15, 0.2) is 0 Å². The van der Waals surface area contributed by atoms with Crippen LogP contribution < -0.4 is 14.8 Å². The number of carbonyl (C=O) groups excluding carboxylic acids is 1. The highest BCUT2D eigenvalue weighted by atomic mass is 35.5. The van der Waals surface area contributed by atoms with E-state index < -0.39 is 0 Å². The molecular formula is C17H17ClN2O4. The Morgan fingerprint density at radius 3 is 3.00 bits per heavy atom. The molecule has 0 aliphatic carbocycles. The van der Waals surface area contributed by atoms with Crippen LogP contribution in [0.25, 0.3) is 0 Å². The van der Waals surface area contributed by atoms with E-state index in [0.29, 0.717) is 41.1 Å². The first kappa shape index (κ1) is 16.5. The van der Waals surface area contributed by atoms with Gasteiger partial charge in [0.2, 0.25) is 5.88 Å². The van der Waals surface area contributed by atoms with Gasteiger partial charge in [-0.05, 0) is 18.2 Å². The minimum Gasteiger partial charge on any atom is -0.497 e. The summed E-state index contributed by atoms with van der Waals surface area (Å²) in [5.41, 5.74) is 0.969. The summed E-state index contributed by atoms with van der Waals surface area (Å²) < 4.78 is 16.0. The van der Waals surface area contributed by atoms with Crippen molar-refractivity contribution >= 4 is 23.2 Å². The van der Waals surface area contributed by atoms with Crippen molar-refractivity contribution in [3.8, 4) is 11.6 Å². The maximum absolute atomic E-state index is 12.3. The average molecular weight is 349 g/mol. The fourth-order valence-corrected chi connectivity index (χ4v) is 2.51. The van der Waals surface area contributed by atoms with Crippen LogP contribution in [0.5, 0.6) is 11.6 Å². The number of benzene rings is 1. The number of nitrogens with zero attached hydrogens (tertiary/aromatic N) is 1. The number of halogens is 1. The molecule has 1 atom stereocenters. The van der Waals surface area contributed by atoms with Crippen molar-refractivity contribution in [1.29, 1.82) is 0 Å². The number of ether oxygens (including phenoxy) is 3. The first-order valence-corrected chi connectivity index (χ1v) is 7.89. The number of rotatable bonds is 5. The number of methoxy groups -OCH3 is 1. The Labute approximate surface area is 144 Å². The normalized spacial score (nSPS) is 16.7. The van der Waals surface area contributed by atoms with Crippen molar-refractivity contribution in [3.63, 3.8) is 0 Å². The van der Waals surface area contributed by atoms with Crippen LogP contribution in [-0.4, -0.2) is 37.3 Å². The summed E-state index contributed by atoms with van der Waals surface area (Å²) in [5.74, 6) is 0.657. The number of amides is 1. The Bertz CT molecular complexity index is 732. The highest BCUT2D eigenvalue weighted by Gasteiger charge is 2.20. The Balaban J connectivity index is 1.69. The molecule has 1 fully saturated rings. The fraction of sp³-hybridized carbons (Fsp3) is 0.294.